The molecule has 2 N–H and O–H groups in total. The van der Waals surface area contributed by atoms with Gasteiger partial charge in [-0.1, -0.05) is 6.07 Å². The van der Waals surface area contributed by atoms with E-state index in [-0.39, 0.29) is 16.4 Å². The van der Waals surface area contributed by atoms with Gasteiger partial charge >= 0.3 is 0 Å². The minimum Gasteiger partial charge on any atom is -0.326 e. The van der Waals surface area contributed by atoms with Crippen LogP contribution < -0.4 is 10.6 Å². The van der Waals surface area contributed by atoms with Crippen LogP contribution in [0.15, 0.2) is 53.4 Å². The molecule has 0 aliphatic heterocycles. The zero-order valence-electron chi connectivity index (χ0n) is 12.7. The molecule has 7 heteroatoms. The van der Waals surface area contributed by atoms with Gasteiger partial charge in [-0.05, 0) is 42.5 Å². The standard InChI is InChI=1S/C16H16N2O4S/c1-11(19)17-13-6-8-14(9-7-13)18-16(20)12-4-3-5-15(10-12)23(2,21)22/h3-10H,1-2H3,(H,17,19)(H,18,20). The molecule has 2 aromatic carbocycles. The second kappa shape index (κ2) is 6.62. The van der Waals surface area contributed by atoms with Crippen LogP contribution in [0.4, 0.5) is 11.4 Å². The maximum Gasteiger partial charge on any atom is 0.255 e. The summed E-state index contributed by atoms with van der Waals surface area (Å²) in [5, 5.41) is 5.29. The number of rotatable bonds is 4. The summed E-state index contributed by atoms with van der Waals surface area (Å²) in [4.78, 5) is 23.2. The van der Waals surface area contributed by atoms with Crippen molar-refractivity contribution in [3.05, 3.63) is 54.1 Å². The largest absolute Gasteiger partial charge is 0.326 e. The first-order valence-electron chi connectivity index (χ1n) is 6.75. The van der Waals surface area contributed by atoms with Gasteiger partial charge in [-0.2, -0.15) is 0 Å². The van der Waals surface area contributed by atoms with Crippen LogP contribution in [-0.2, 0) is 14.6 Å². The highest BCUT2D eigenvalue weighted by atomic mass is 32.2. The summed E-state index contributed by atoms with van der Waals surface area (Å²) in [6, 6.07) is 12.4. The van der Waals surface area contributed by atoms with E-state index in [1.165, 1.54) is 31.2 Å². The third-order valence-corrected chi connectivity index (χ3v) is 4.10. The number of sulfone groups is 1. The first-order chi connectivity index (χ1) is 10.8. The summed E-state index contributed by atoms with van der Waals surface area (Å²) in [5.41, 5.74) is 1.40. The van der Waals surface area contributed by atoms with Crippen LogP contribution in [0.3, 0.4) is 0 Å². The highest BCUT2D eigenvalue weighted by Crippen LogP contribution is 2.16. The fourth-order valence-corrected chi connectivity index (χ4v) is 2.58. The molecule has 23 heavy (non-hydrogen) atoms. The fraction of sp³-hybridized carbons (Fsp3) is 0.125. The van der Waals surface area contributed by atoms with Crippen LogP contribution in [0, 0.1) is 0 Å². The summed E-state index contributed by atoms with van der Waals surface area (Å²) in [5.74, 6) is -0.595. The molecule has 0 atom stereocenters. The van der Waals surface area contributed by atoms with Crippen LogP contribution in [0.5, 0.6) is 0 Å². The predicted molar refractivity (Wildman–Crippen MR) is 88.3 cm³/mol. The van der Waals surface area contributed by atoms with Gasteiger partial charge in [0.2, 0.25) is 5.91 Å². The molecule has 0 aromatic heterocycles. The van der Waals surface area contributed by atoms with Gasteiger partial charge in [0.25, 0.3) is 5.91 Å². The summed E-state index contributed by atoms with van der Waals surface area (Å²) in [6.45, 7) is 1.41. The number of carbonyl (C=O) groups is 2. The van der Waals surface area contributed by atoms with Gasteiger partial charge in [-0.25, -0.2) is 8.42 Å². The van der Waals surface area contributed by atoms with Crippen molar-refractivity contribution in [1.29, 1.82) is 0 Å². The zero-order chi connectivity index (χ0) is 17.0. The number of nitrogens with one attached hydrogen (secondary N) is 2. The molecular weight excluding hydrogens is 316 g/mol. The van der Waals surface area contributed by atoms with E-state index in [0.717, 1.165) is 6.26 Å². The lowest BCUT2D eigenvalue weighted by Gasteiger charge is -2.08. The van der Waals surface area contributed by atoms with Crippen LogP contribution in [0.25, 0.3) is 0 Å². The molecule has 0 spiro atoms. The molecule has 0 aliphatic carbocycles. The number of carbonyl (C=O) groups excluding carboxylic acids is 2. The SMILES string of the molecule is CC(=O)Nc1ccc(NC(=O)c2cccc(S(C)(=O)=O)c2)cc1. The Morgan fingerprint density at radius 3 is 2.00 bits per heavy atom. The van der Waals surface area contributed by atoms with Gasteiger partial charge in [-0.3, -0.25) is 9.59 Å². The first kappa shape index (κ1) is 16.7. The molecule has 2 rings (SSSR count). The maximum absolute atomic E-state index is 12.2. The third kappa shape index (κ3) is 4.65. The smallest absolute Gasteiger partial charge is 0.255 e. The van der Waals surface area contributed by atoms with E-state index >= 15 is 0 Å². The monoisotopic (exact) mass is 332 g/mol. The van der Waals surface area contributed by atoms with E-state index in [0.29, 0.717) is 11.4 Å². The fourth-order valence-electron chi connectivity index (χ4n) is 1.91. The lowest BCUT2D eigenvalue weighted by molar-refractivity contribution is -0.114. The molecule has 0 saturated heterocycles. The number of amides is 2. The van der Waals surface area contributed by atoms with Crippen molar-refractivity contribution in [2.24, 2.45) is 0 Å². The Kier molecular flexibility index (Phi) is 4.80. The van der Waals surface area contributed by atoms with E-state index in [1.807, 2.05) is 0 Å². The molecule has 0 saturated carbocycles. The molecule has 0 aliphatic rings. The van der Waals surface area contributed by atoms with Crippen LogP contribution >= 0.6 is 0 Å². The number of hydrogen-bond donors (Lipinski definition) is 2. The van der Waals surface area contributed by atoms with E-state index in [2.05, 4.69) is 10.6 Å². The van der Waals surface area contributed by atoms with Gasteiger partial charge in [-0.15, -0.1) is 0 Å². The minimum absolute atomic E-state index is 0.0890. The highest BCUT2D eigenvalue weighted by molar-refractivity contribution is 7.90. The molecule has 2 aromatic rings. The molecule has 2 amide bonds. The maximum atomic E-state index is 12.2. The van der Waals surface area contributed by atoms with Gasteiger partial charge in [0.05, 0.1) is 4.90 Å². The summed E-state index contributed by atoms with van der Waals surface area (Å²) in [6.07, 6.45) is 1.09. The van der Waals surface area contributed by atoms with E-state index in [9.17, 15) is 18.0 Å². The Morgan fingerprint density at radius 1 is 0.913 bits per heavy atom. The topological polar surface area (TPSA) is 92.3 Å². The van der Waals surface area contributed by atoms with Crippen molar-refractivity contribution in [1.82, 2.24) is 0 Å². The molecule has 0 unspecified atom stereocenters. The molecule has 0 fully saturated rings. The molecule has 0 heterocycles. The van der Waals surface area contributed by atoms with Crippen molar-refractivity contribution < 1.29 is 18.0 Å². The van der Waals surface area contributed by atoms with Crippen LogP contribution in [0.2, 0.25) is 0 Å². The Morgan fingerprint density at radius 2 is 1.48 bits per heavy atom. The van der Waals surface area contributed by atoms with Crippen LogP contribution in [-0.4, -0.2) is 26.5 Å². The van der Waals surface area contributed by atoms with Gasteiger partial charge in [0.15, 0.2) is 9.84 Å². The second-order valence-electron chi connectivity index (χ2n) is 5.01. The number of benzene rings is 2. The summed E-state index contributed by atoms with van der Waals surface area (Å²) < 4.78 is 23.1. The van der Waals surface area contributed by atoms with E-state index in [1.54, 1.807) is 24.3 Å². The van der Waals surface area contributed by atoms with E-state index < -0.39 is 15.7 Å². The molecule has 0 radical (unpaired) electrons. The quantitative estimate of drug-likeness (QED) is 0.898. The van der Waals surface area contributed by atoms with Gasteiger partial charge in [0, 0.05) is 30.1 Å². The Balaban J connectivity index is 2.14. The second-order valence-corrected chi connectivity index (χ2v) is 7.03. The Bertz CT molecular complexity index is 843. The van der Waals surface area contributed by atoms with Crippen molar-refractivity contribution in [2.45, 2.75) is 11.8 Å². The van der Waals surface area contributed by atoms with Crippen molar-refractivity contribution in [3.63, 3.8) is 0 Å². The average molecular weight is 332 g/mol. The van der Waals surface area contributed by atoms with Crippen molar-refractivity contribution in [3.8, 4) is 0 Å². The average Bonchev–Trinajstić information content (AvgIpc) is 2.48. The predicted octanol–water partition coefficient (Wildman–Crippen LogP) is 2.30. The first-order valence-corrected chi connectivity index (χ1v) is 8.64. The lowest BCUT2D eigenvalue weighted by Crippen LogP contribution is -2.13. The zero-order valence-corrected chi connectivity index (χ0v) is 13.5. The number of anilines is 2. The van der Waals surface area contributed by atoms with Crippen molar-refractivity contribution >= 4 is 33.0 Å². The Hall–Kier alpha value is -2.67. The third-order valence-electron chi connectivity index (χ3n) is 2.99. The number of hydrogen-bond acceptors (Lipinski definition) is 4. The summed E-state index contributed by atoms with van der Waals surface area (Å²) in [7, 11) is -3.37. The van der Waals surface area contributed by atoms with Crippen LogP contribution in [0.1, 0.15) is 17.3 Å². The van der Waals surface area contributed by atoms with Crippen molar-refractivity contribution in [2.75, 3.05) is 16.9 Å². The highest BCUT2D eigenvalue weighted by Gasteiger charge is 2.11. The molecular formula is C16H16N2O4S. The molecule has 6 nitrogen and oxygen atoms in total. The lowest BCUT2D eigenvalue weighted by atomic mass is 10.2. The van der Waals surface area contributed by atoms with Gasteiger partial charge in [0.1, 0.15) is 0 Å². The molecule has 120 valence electrons. The summed E-state index contributed by atoms with van der Waals surface area (Å²) >= 11 is 0. The normalized spacial score (nSPS) is 10.9. The minimum atomic E-state index is -3.37. The van der Waals surface area contributed by atoms with E-state index in [4.69, 9.17) is 0 Å². The molecule has 0 bridgehead atoms. The van der Waals surface area contributed by atoms with Gasteiger partial charge < -0.3 is 10.6 Å². The Labute approximate surface area is 134 Å².